The Morgan fingerprint density at radius 1 is 0.848 bits per heavy atom. The molecule has 0 radical (unpaired) electrons. The first kappa shape index (κ1) is 23.9. The van der Waals surface area contributed by atoms with Gasteiger partial charge in [0.05, 0.1) is 19.4 Å². The number of furan rings is 1. The second kappa shape index (κ2) is 13.0. The summed E-state index contributed by atoms with van der Waals surface area (Å²) < 4.78 is 10.9. The molecule has 0 aliphatic carbocycles. The average Bonchev–Trinajstić information content (AvgIpc) is 3.36. The van der Waals surface area contributed by atoms with Crippen molar-refractivity contribution in [2.24, 2.45) is 0 Å². The number of anilines is 3. The van der Waals surface area contributed by atoms with Crippen LogP contribution in [0.25, 0.3) is 0 Å². The number of hydrogen-bond acceptors (Lipinski definition) is 5. The molecule has 3 rings (SSSR count). The van der Waals surface area contributed by atoms with Crippen LogP contribution in [0.4, 0.5) is 17.1 Å². The fourth-order valence-corrected chi connectivity index (χ4v) is 3.25. The fourth-order valence-electron chi connectivity index (χ4n) is 3.25. The fraction of sp³-hybridized carbons (Fsp3) is 0.308. The third kappa shape index (κ3) is 8.37. The number of ether oxygens (including phenoxy) is 1. The summed E-state index contributed by atoms with van der Waals surface area (Å²) in [4.78, 5) is 24.5. The van der Waals surface area contributed by atoms with Crippen LogP contribution in [0.3, 0.4) is 0 Å². The first-order chi connectivity index (χ1) is 16.1. The Bertz CT molecular complexity index is 1020. The van der Waals surface area contributed by atoms with Crippen LogP contribution in [0, 0.1) is 0 Å². The lowest BCUT2D eigenvalue weighted by Gasteiger charge is -2.11. The standard InChI is InChI=1S/C26H31N3O4/c1-2-3-4-5-6-15-32-23-13-8-12-22(18-23)28-25(30)19-27-20-10-7-11-21(17-20)29-26(31)24-14-9-16-33-24/h7-14,16-18,27H,2-6,15,19H2,1H3,(H,28,30)(H,29,31). The number of carbonyl (C=O) groups excluding carboxylic acids is 2. The number of rotatable bonds is 13. The maximum Gasteiger partial charge on any atom is 0.291 e. The van der Waals surface area contributed by atoms with E-state index in [2.05, 4.69) is 22.9 Å². The zero-order chi connectivity index (χ0) is 23.3. The summed E-state index contributed by atoms with van der Waals surface area (Å²) in [5.41, 5.74) is 1.99. The largest absolute Gasteiger partial charge is 0.494 e. The predicted molar refractivity (Wildman–Crippen MR) is 131 cm³/mol. The van der Waals surface area contributed by atoms with Gasteiger partial charge in [-0.05, 0) is 48.9 Å². The molecule has 7 heteroatoms. The Labute approximate surface area is 194 Å². The van der Waals surface area contributed by atoms with Gasteiger partial charge in [0.15, 0.2) is 5.76 Å². The molecule has 2 aromatic carbocycles. The molecule has 0 aliphatic rings. The van der Waals surface area contributed by atoms with E-state index in [0.717, 1.165) is 12.2 Å². The maximum atomic E-state index is 12.4. The van der Waals surface area contributed by atoms with Crippen LogP contribution in [0.15, 0.2) is 71.3 Å². The highest BCUT2D eigenvalue weighted by molar-refractivity contribution is 6.02. The van der Waals surface area contributed by atoms with Crippen molar-refractivity contribution in [2.45, 2.75) is 39.0 Å². The SMILES string of the molecule is CCCCCCCOc1cccc(NC(=O)CNc2cccc(NC(=O)c3ccco3)c2)c1. The summed E-state index contributed by atoms with van der Waals surface area (Å²) in [6.07, 6.45) is 7.38. The highest BCUT2D eigenvalue weighted by atomic mass is 16.5. The molecule has 1 aromatic heterocycles. The van der Waals surface area contributed by atoms with Gasteiger partial charge in [0, 0.05) is 23.1 Å². The van der Waals surface area contributed by atoms with Crippen LogP contribution < -0.4 is 20.7 Å². The van der Waals surface area contributed by atoms with Gasteiger partial charge in [-0.2, -0.15) is 0 Å². The predicted octanol–water partition coefficient (Wildman–Crippen LogP) is 5.93. The van der Waals surface area contributed by atoms with Gasteiger partial charge in [0.25, 0.3) is 5.91 Å². The van der Waals surface area contributed by atoms with Crippen molar-refractivity contribution in [3.8, 4) is 5.75 Å². The molecule has 33 heavy (non-hydrogen) atoms. The maximum absolute atomic E-state index is 12.4. The normalized spacial score (nSPS) is 10.5. The lowest BCUT2D eigenvalue weighted by molar-refractivity contribution is -0.114. The van der Waals surface area contributed by atoms with E-state index in [0.29, 0.717) is 23.7 Å². The minimum atomic E-state index is -0.335. The second-order valence-corrected chi connectivity index (χ2v) is 7.70. The van der Waals surface area contributed by atoms with Crippen LogP contribution in [0.1, 0.15) is 49.6 Å². The molecule has 0 saturated carbocycles. The molecular formula is C26H31N3O4. The van der Waals surface area contributed by atoms with Gasteiger partial charge >= 0.3 is 0 Å². The molecule has 3 N–H and O–H groups in total. The van der Waals surface area contributed by atoms with E-state index in [1.807, 2.05) is 30.3 Å². The van der Waals surface area contributed by atoms with Crippen LogP contribution in [0.5, 0.6) is 5.75 Å². The van der Waals surface area contributed by atoms with Crippen molar-refractivity contribution in [1.82, 2.24) is 0 Å². The molecule has 174 valence electrons. The topological polar surface area (TPSA) is 92.6 Å². The van der Waals surface area contributed by atoms with Gasteiger partial charge in [-0.15, -0.1) is 0 Å². The number of hydrogen-bond donors (Lipinski definition) is 3. The molecule has 0 atom stereocenters. The van der Waals surface area contributed by atoms with E-state index < -0.39 is 0 Å². The second-order valence-electron chi connectivity index (χ2n) is 7.70. The zero-order valence-corrected chi connectivity index (χ0v) is 18.9. The first-order valence-electron chi connectivity index (χ1n) is 11.4. The smallest absolute Gasteiger partial charge is 0.291 e. The van der Waals surface area contributed by atoms with Gasteiger partial charge in [-0.1, -0.05) is 44.7 Å². The lowest BCUT2D eigenvalue weighted by atomic mass is 10.2. The highest BCUT2D eigenvalue weighted by Crippen LogP contribution is 2.19. The summed E-state index contributed by atoms with van der Waals surface area (Å²) in [7, 11) is 0. The van der Waals surface area contributed by atoms with Crippen molar-refractivity contribution < 1.29 is 18.7 Å². The van der Waals surface area contributed by atoms with Gasteiger partial charge in [0.2, 0.25) is 5.91 Å². The Kier molecular flexibility index (Phi) is 9.39. The number of unbranched alkanes of at least 4 members (excludes halogenated alkanes) is 4. The molecule has 7 nitrogen and oxygen atoms in total. The molecule has 0 bridgehead atoms. The van der Waals surface area contributed by atoms with E-state index in [-0.39, 0.29) is 24.1 Å². The summed E-state index contributed by atoms with van der Waals surface area (Å²) in [5, 5.41) is 8.70. The van der Waals surface area contributed by atoms with Crippen LogP contribution in [-0.4, -0.2) is 25.0 Å². The zero-order valence-electron chi connectivity index (χ0n) is 18.9. The van der Waals surface area contributed by atoms with Crippen molar-refractivity contribution >= 4 is 28.9 Å². The molecule has 0 spiro atoms. The molecule has 0 fully saturated rings. The minimum absolute atomic E-state index is 0.0814. The van der Waals surface area contributed by atoms with Gasteiger partial charge in [-0.25, -0.2) is 0 Å². The van der Waals surface area contributed by atoms with Gasteiger partial charge in [-0.3, -0.25) is 9.59 Å². The first-order valence-corrected chi connectivity index (χ1v) is 11.4. The van der Waals surface area contributed by atoms with Crippen LogP contribution in [0.2, 0.25) is 0 Å². The van der Waals surface area contributed by atoms with Crippen molar-refractivity contribution in [3.05, 3.63) is 72.7 Å². The number of nitrogens with one attached hydrogen (secondary N) is 3. The third-order valence-corrected chi connectivity index (χ3v) is 4.95. The van der Waals surface area contributed by atoms with E-state index in [1.54, 1.807) is 30.3 Å². The number of benzene rings is 2. The van der Waals surface area contributed by atoms with E-state index in [1.165, 1.54) is 31.9 Å². The Hall–Kier alpha value is -3.74. The van der Waals surface area contributed by atoms with Crippen molar-refractivity contribution in [3.63, 3.8) is 0 Å². The summed E-state index contributed by atoms with van der Waals surface area (Å²) in [6.45, 7) is 2.96. The lowest BCUT2D eigenvalue weighted by Crippen LogP contribution is -2.21. The summed E-state index contributed by atoms with van der Waals surface area (Å²) >= 11 is 0. The molecule has 0 unspecified atom stereocenters. The summed E-state index contributed by atoms with van der Waals surface area (Å²) in [6, 6.07) is 17.8. The van der Waals surface area contributed by atoms with Crippen molar-refractivity contribution in [2.75, 3.05) is 29.1 Å². The van der Waals surface area contributed by atoms with E-state index in [4.69, 9.17) is 9.15 Å². The molecule has 1 heterocycles. The minimum Gasteiger partial charge on any atom is -0.494 e. The molecule has 2 amide bonds. The van der Waals surface area contributed by atoms with Gasteiger partial charge < -0.3 is 25.1 Å². The quantitative estimate of drug-likeness (QED) is 0.281. The monoisotopic (exact) mass is 449 g/mol. The molecule has 0 saturated heterocycles. The summed E-state index contributed by atoms with van der Waals surface area (Å²) in [5.74, 6) is 0.460. The Balaban J connectivity index is 1.43. The third-order valence-electron chi connectivity index (χ3n) is 4.95. The van der Waals surface area contributed by atoms with Crippen LogP contribution >= 0.6 is 0 Å². The highest BCUT2D eigenvalue weighted by Gasteiger charge is 2.09. The molecule has 3 aromatic rings. The van der Waals surface area contributed by atoms with E-state index in [9.17, 15) is 9.59 Å². The van der Waals surface area contributed by atoms with E-state index >= 15 is 0 Å². The Morgan fingerprint density at radius 2 is 1.61 bits per heavy atom. The van der Waals surface area contributed by atoms with Crippen molar-refractivity contribution in [1.29, 1.82) is 0 Å². The molecular weight excluding hydrogens is 418 g/mol. The number of amides is 2. The number of carbonyl (C=O) groups is 2. The van der Waals surface area contributed by atoms with Crippen LogP contribution in [-0.2, 0) is 4.79 Å². The van der Waals surface area contributed by atoms with Gasteiger partial charge in [0.1, 0.15) is 5.75 Å². The average molecular weight is 450 g/mol. The Morgan fingerprint density at radius 3 is 2.39 bits per heavy atom. The molecule has 0 aliphatic heterocycles.